The molecule has 0 fully saturated rings. The van der Waals surface area contributed by atoms with Gasteiger partial charge in [-0.15, -0.1) is 11.3 Å². The second-order valence-electron chi connectivity index (χ2n) is 5.43. The standard InChI is InChI=1S/C16H14N2O2S/c19-15-10-5-4-9(8-12(10)16(20)18-15)17-13-2-1-3-14-11(13)6-7-21-14/h4-8,13,17H,1-3H2,(H,18,19,20). The molecule has 2 N–H and O–H groups in total. The Hall–Kier alpha value is -2.14. The summed E-state index contributed by atoms with van der Waals surface area (Å²) >= 11 is 1.81. The maximum Gasteiger partial charge on any atom is 0.259 e. The quantitative estimate of drug-likeness (QED) is 0.838. The first-order valence-corrected chi connectivity index (χ1v) is 7.93. The lowest BCUT2D eigenvalue weighted by Gasteiger charge is -2.24. The molecule has 1 aliphatic heterocycles. The molecule has 0 bridgehead atoms. The minimum Gasteiger partial charge on any atom is -0.378 e. The highest BCUT2D eigenvalue weighted by molar-refractivity contribution is 7.10. The van der Waals surface area contributed by atoms with E-state index in [0.29, 0.717) is 17.2 Å². The number of aryl methyl sites for hydroxylation is 1. The molecule has 1 unspecified atom stereocenters. The molecule has 4 nitrogen and oxygen atoms in total. The van der Waals surface area contributed by atoms with Crippen LogP contribution in [0.5, 0.6) is 0 Å². The Balaban J connectivity index is 1.64. The smallest absolute Gasteiger partial charge is 0.259 e. The minimum atomic E-state index is -0.307. The van der Waals surface area contributed by atoms with Crippen molar-refractivity contribution in [1.82, 2.24) is 5.32 Å². The van der Waals surface area contributed by atoms with Crippen molar-refractivity contribution in [2.75, 3.05) is 5.32 Å². The van der Waals surface area contributed by atoms with Crippen molar-refractivity contribution in [1.29, 1.82) is 0 Å². The van der Waals surface area contributed by atoms with Gasteiger partial charge in [-0.05, 0) is 54.5 Å². The van der Waals surface area contributed by atoms with Crippen molar-refractivity contribution in [2.24, 2.45) is 0 Å². The van der Waals surface area contributed by atoms with Gasteiger partial charge in [-0.1, -0.05) is 0 Å². The lowest BCUT2D eigenvalue weighted by atomic mass is 9.93. The number of amides is 2. The predicted octanol–water partition coefficient (Wildman–Crippen LogP) is 3.12. The molecule has 106 valence electrons. The van der Waals surface area contributed by atoms with Crippen LogP contribution in [0.2, 0.25) is 0 Å². The van der Waals surface area contributed by atoms with Crippen molar-refractivity contribution in [2.45, 2.75) is 25.3 Å². The van der Waals surface area contributed by atoms with Crippen molar-refractivity contribution in [3.05, 3.63) is 51.2 Å². The molecule has 0 saturated carbocycles. The Morgan fingerprint density at radius 1 is 1.14 bits per heavy atom. The molecule has 1 atom stereocenters. The zero-order valence-corrected chi connectivity index (χ0v) is 12.1. The number of nitrogens with one attached hydrogen (secondary N) is 2. The number of thiophene rings is 1. The number of benzene rings is 1. The third-order valence-corrected chi connectivity index (χ3v) is 5.13. The normalized spacial score (nSPS) is 19.9. The molecule has 2 aliphatic rings. The highest BCUT2D eigenvalue weighted by Gasteiger charge is 2.27. The summed E-state index contributed by atoms with van der Waals surface area (Å²) in [4.78, 5) is 24.7. The van der Waals surface area contributed by atoms with Gasteiger partial charge in [0, 0.05) is 10.6 Å². The average molecular weight is 298 g/mol. The van der Waals surface area contributed by atoms with Crippen LogP contribution in [-0.2, 0) is 6.42 Å². The number of carbonyl (C=O) groups is 2. The van der Waals surface area contributed by atoms with Crippen LogP contribution in [-0.4, -0.2) is 11.8 Å². The van der Waals surface area contributed by atoms with Gasteiger partial charge in [0.15, 0.2) is 0 Å². The van der Waals surface area contributed by atoms with Crippen LogP contribution in [0.1, 0.15) is 50.0 Å². The van der Waals surface area contributed by atoms with Gasteiger partial charge in [0.05, 0.1) is 17.2 Å². The molecule has 0 spiro atoms. The molecular formula is C16H14N2O2S. The lowest BCUT2D eigenvalue weighted by Crippen LogP contribution is -2.19. The monoisotopic (exact) mass is 298 g/mol. The van der Waals surface area contributed by atoms with E-state index in [0.717, 1.165) is 18.5 Å². The van der Waals surface area contributed by atoms with Gasteiger partial charge in [0.2, 0.25) is 0 Å². The Bertz CT molecular complexity index is 750. The highest BCUT2D eigenvalue weighted by Crippen LogP contribution is 2.35. The predicted molar refractivity (Wildman–Crippen MR) is 81.9 cm³/mol. The van der Waals surface area contributed by atoms with Crippen molar-refractivity contribution >= 4 is 28.8 Å². The summed E-state index contributed by atoms with van der Waals surface area (Å²) in [6, 6.07) is 7.84. The van der Waals surface area contributed by atoms with Crippen molar-refractivity contribution < 1.29 is 9.59 Å². The Kier molecular flexibility index (Phi) is 2.82. The fourth-order valence-electron chi connectivity index (χ4n) is 3.10. The van der Waals surface area contributed by atoms with E-state index in [-0.39, 0.29) is 11.8 Å². The molecule has 4 rings (SSSR count). The van der Waals surface area contributed by atoms with Gasteiger partial charge >= 0.3 is 0 Å². The first kappa shape index (κ1) is 12.6. The van der Waals surface area contributed by atoms with Crippen LogP contribution in [0, 0.1) is 0 Å². The van der Waals surface area contributed by atoms with E-state index in [1.54, 1.807) is 12.1 Å². The molecule has 5 heteroatoms. The summed E-state index contributed by atoms with van der Waals surface area (Å²) in [6.07, 6.45) is 3.42. The summed E-state index contributed by atoms with van der Waals surface area (Å²) in [5.74, 6) is -0.613. The summed E-state index contributed by atoms with van der Waals surface area (Å²) in [5.41, 5.74) is 3.19. The van der Waals surface area contributed by atoms with Crippen LogP contribution >= 0.6 is 11.3 Å². The van der Waals surface area contributed by atoms with Crippen molar-refractivity contribution in [3.8, 4) is 0 Å². The number of hydrogen-bond acceptors (Lipinski definition) is 4. The third kappa shape index (κ3) is 2.05. The fraction of sp³-hybridized carbons (Fsp3) is 0.250. The fourth-order valence-corrected chi connectivity index (χ4v) is 4.08. The first-order chi connectivity index (χ1) is 10.2. The average Bonchev–Trinajstić information content (AvgIpc) is 3.06. The molecule has 21 heavy (non-hydrogen) atoms. The number of fused-ring (bicyclic) bond motifs is 2. The summed E-state index contributed by atoms with van der Waals surface area (Å²) in [7, 11) is 0. The van der Waals surface area contributed by atoms with Crippen LogP contribution in [0.4, 0.5) is 5.69 Å². The molecule has 0 saturated heterocycles. The topological polar surface area (TPSA) is 58.2 Å². The number of anilines is 1. The SMILES string of the molecule is O=C1NC(=O)c2cc(NC3CCCc4sccc43)ccc21. The second-order valence-corrected chi connectivity index (χ2v) is 6.43. The molecule has 0 radical (unpaired) electrons. The van der Waals surface area contributed by atoms with Gasteiger partial charge in [0.25, 0.3) is 11.8 Å². The number of hydrogen-bond donors (Lipinski definition) is 2. The van der Waals surface area contributed by atoms with E-state index in [1.807, 2.05) is 17.4 Å². The first-order valence-electron chi connectivity index (χ1n) is 7.05. The third-order valence-electron chi connectivity index (χ3n) is 4.13. The highest BCUT2D eigenvalue weighted by atomic mass is 32.1. The van der Waals surface area contributed by atoms with E-state index >= 15 is 0 Å². The summed E-state index contributed by atoms with van der Waals surface area (Å²) < 4.78 is 0. The van der Waals surface area contributed by atoms with Crippen LogP contribution in [0.15, 0.2) is 29.6 Å². The summed E-state index contributed by atoms with van der Waals surface area (Å²) in [5, 5.41) is 7.96. The number of rotatable bonds is 2. The molecule has 1 aromatic heterocycles. The van der Waals surface area contributed by atoms with E-state index < -0.39 is 0 Å². The molecule has 1 aromatic carbocycles. The largest absolute Gasteiger partial charge is 0.378 e. The molecule has 1 aliphatic carbocycles. The molecule has 2 heterocycles. The van der Waals surface area contributed by atoms with E-state index in [2.05, 4.69) is 22.1 Å². The number of imide groups is 1. The molecule has 2 amide bonds. The summed E-state index contributed by atoms with van der Waals surface area (Å²) in [6.45, 7) is 0. The van der Waals surface area contributed by atoms with Gasteiger partial charge < -0.3 is 5.32 Å². The Labute approximate surface area is 126 Å². The zero-order chi connectivity index (χ0) is 14.4. The Morgan fingerprint density at radius 2 is 2.00 bits per heavy atom. The van der Waals surface area contributed by atoms with Crippen LogP contribution in [0.3, 0.4) is 0 Å². The van der Waals surface area contributed by atoms with Gasteiger partial charge in [0.1, 0.15) is 0 Å². The van der Waals surface area contributed by atoms with Crippen LogP contribution in [0.25, 0.3) is 0 Å². The van der Waals surface area contributed by atoms with Crippen LogP contribution < -0.4 is 10.6 Å². The maximum absolute atomic E-state index is 11.7. The minimum absolute atomic E-state index is 0.290. The number of carbonyl (C=O) groups excluding carboxylic acids is 2. The van der Waals surface area contributed by atoms with E-state index in [1.165, 1.54) is 16.9 Å². The maximum atomic E-state index is 11.7. The molecule has 2 aromatic rings. The van der Waals surface area contributed by atoms with Crippen molar-refractivity contribution in [3.63, 3.8) is 0 Å². The molecular weight excluding hydrogens is 284 g/mol. The van der Waals surface area contributed by atoms with Gasteiger partial charge in [-0.3, -0.25) is 14.9 Å². The van der Waals surface area contributed by atoms with Gasteiger partial charge in [-0.2, -0.15) is 0 Å². The lowest BCUT2D eigenvalue weighted by molar-refractivity contribution is 0.0879. The van der Waals surface area contributed by atoms with E-state index in [9.17, 15) is 9.59 Å². The zero-order valence-electron chi connectivity index (χ0n) is 11.3. The van der Waals surface area contributed by atoms with Gasteiger partial charge in [-0.25, -0.2) is 0 Å². The second kappa shape index (κ2) is 4.70. The Morgan fingerprint density at radius 3 is 2.90 bits per heavy atom. The van der Waals surface area contributed by atoms with E-state index in [4.69, 9.17) is 0 Å².